The Hall–Kier alpha value is -0.490. The highest BCUT2D eigenvalue weighted by molar-refractivity contribution is 6.21. The number of alkyl halides is 1. The highest BCUT2D eigenvalue weighted by Gasteiger charge is 2.58. The molecule has 4 aliphatic rings. The molecule has 4 aliphatic carbocycles. The zero-order valence-corrected chi connectivity index (χ0v) is 14.1. The van der Waals surface area contributed by atoms with Crippen molar-refractivity contribution in [1.29, 1.82) is 0 Å². The van der Waals surface area contributed by atoms with Gasteiger partial charge in [-0.3, -0.25) is 0 Å². The number of rotatable bonds is 3. The van der Waals surface area contributed by atoms with Crippen molar-refractivity contribution in [2.24, 2.45) is 22.7 Å². The normalized spacial score (nSPS) is 42.2. The summed E-state index contributed by atoms with van der Waals surface area (Å²) >= 11 is 7.08. The summed E-state index contributed by atoms with van der Waals surface area (Å²) in [5.74, 6) is 1.90. The van der Waals surface area contributed by atoms with E-state index in [-0.39, 0.29) is 5.38 Å². The van der Waals surface area contributed by atoms with Gasteiger partial charge in [0.05, 0.1) is 5.38 Å². The average Bonchev–Trinajstić information content (AvgIpc) is 2.44. The molecule has 0 amide bonds. The number of benzene rings is 1. The number of halogens is 1. The van der Waals surface area contributed by atoms with Crippen LogP contribution < -0.4 is 0 Å². The maximum atomic E-state index is 7.08. The topological polar surface area (TPSA) is 0 Å². The Kier molecular flexibility index (Phi) is 3.20. The fraction of sp³-hybridized carbons (Fsp3) is 0.700. The van der Waals surface area contributed by atoms with E-state index in [1.807, 2.05) is 0 Å². The van der Waals surface area contributed by atoms with E-state index in [1.165, 1.54) is 49.7 Å². The van der Waals surface area contributed by atoms with E-state index in [2.05, 4.69) is 38.1 Å². The second-order valence-corrected chi connectivity index (χ2v) is 9.03. The van der Waals surface area contributed by atoms with Crippen molar-refractivity contribution in [3.8, 4) is 0 Å². The number of hydrogen-bond acceptors (Lipinski definition) is 0. The minimum atomic E-state index is 0.216. The van der Waals surface area contributed by atoms with Crippen molar-refractivity contribution in [3.63, 3.8) is 0 Å². The summed E-state index contributed by atoms with van der Waals surface area (Å²) in [5, 5.41) is 0.216. The molecule has 0 N–H and O–H groups in total. The Morgan fingerprint density at radius 1 is 1.10 bits per heavy atom. The van der Waals surface area contributed by atoms with Gasteiger partial charge in [-0.2, -0.15) is 0 Å². The molecule has 0 saturated heterocycles. The summed E-state index contributed by atoms with van der Waals surface area (Å²) in [4.78, 5) is 0. The maximum absolute atomic E-state index is 7.08. The third-order valence-corrected chi connectivity index (χ3v) is 7.33. The van der Waals surface area contributed by atoms with Crippen LogP contribution in [0.4, 0.5) is 0 Å². The van der Waals surface area contributed by atoms with E-state index >= 15 is 0 Å². The molecule has 0 radical (unpaired) electrons. The molecule has 0 spiro atoms. The summed E-state index contributed by atoms with van der Waals surface area (Å²) < 4.78 is 0. The van der Waals surface area contributed by atoms with Gasteiger partial charge in [-0.15, -0.1) is 11.6 Å². The molecule has 3 unspecified atom stereocenters. The SMILES string of the molecule is CCc1ccc(C(Cl)C23CC4CC(CC(C)(C4)C2)C3)cc1. The molecule has 1 aromatic rings. The first-order valence-electron chi connectivity index (χ1n) is 8.75. The number of aryl methyl sites for hydroxylation is 1. The molecule has 114 valence electrons. The lowest BCUT2D eigenvalue weighted by atomic mass is 9.43. The van der Waals surface area contributed by atoms with Crippen LogP contribution in [0.25, 0.3) is 0 Å². The van der Waals surface area contributed by atoms with Crippen LogP contribution >= 0.6 is 11.6 Å². The first kappa shape index (κ1) is 14.1. The quantitative estimate of drug-likeness (QED) is 0.589. The minimum Gasteiger partial charge on any atom is -0.117 e. The predicted molar refractivity (Wildman–Crippen MR) is 89.6 cm³/mol. The third-order valence-electron chi connectivity index (χ3n) is 6.62. The molecule has 1 aromatic carbocycles. The van der Waals surface area contributed by atoms with E-state index in [0.717, 1.165) is 18.3 Å². The standard InChI is InChI=1S/C20H27Cl/c1-3-14-4-6-17(7-5-14)18(21)20-11-15-8-16(12-20)10-19(2,9-15)13-20/h4-7,15-16,18H,3,8-13H2,1-2H3. The van der Waals surface area contributed by atoms with Crippen LogP contribution in [0, 0.1) is 22.7 Å². The van der Waals surface area contributed by atoms with E-state index in [1.54, 1.807) is 0 Å². The lowest BCUT2D eigenvalue weighted by Gasteiger charge is -2.62. The van der Waals surface area contributed by atoms with E-state index in [0.29, 0.717) is 10.8 Å². The summed E-state index contributed by atoms with van der Waals surface area (Å²) in [7, 11) is 0. The van der Waals surface area contributed by atoms with Gasteiger partial charge < -0.3 is 0 Å². The van der Waals surface area contributed by atoms with Gasteiger partial charge in [0.15, 0.2) is 0 Å². The lowest BCUT2D eigenvalue weighted by Crippen LogP contribution is -2.52. The Morgan fingerprint density at radius 2 is 1.71 bits per heavy atom. The average molecular weight is 303 g/mol. The highest BCUT2D eigenvalue weighted by atomic mass is 35.5. The number of hydrogen-bond donors (Lipinski definition) is 0. The first-order chi connectivity index (χ1) is 10.0. The summed E-state index contributed by atoms with van der Waals surface area (Å²) in [5.41, 5.74) is 3.74. The van der Waals surface area contributed by atoms with Gasteiger partial charge in [0.25, 0.3) is 0 Å². The molecule has 21 heavy (non-hydrogen) atoms. The predicted octanol–water partition coefficient (Wildman–Crippen LogP) is 6.14. The van der Waals surface area contributed by atoms with Crippen LogP contribution in [0.1, 0.15) is 68.9 Å². The van der Waals surface area contributed by atoms with Crippen molar-refractivity contribution in [2.75, 3.05) is 0 Å². The molecule has 0 heterocycles. The fourth-order valence-corrected chi connectivity index (χ4v) is 6.77. The summed E-state index contributed by atoms with van der Waals surface area (Å²) in [6.07, 6.45) is 9.63. The molecule has 4 saturated carbocycles. The lowest BCUT2D eigenvalue weighted by molar-refractivity contribution is -0.103. The molecule has 4 fully saturated rings. The first-order valence-corrected chi connectivity index (χ1v) is 9.18. The van der Waals surface area contributed by atoms with Gasteiger partial charge in [0.2, 0.25) is 0 Å². The molecule has 1 heteroatoms. The molecule has 3 atom stereocenters. The third kappa shape index (κ3) is 2.25. The van der Waals surface area contributed by atoms with Crippen molar-refractivity contribution >= 4 is 11.6 Å². The Bertz CT molecular complexity index is 515. The van der Waals surface area contributed by atoms with Crippen LogP contribution in [0.2, 0.25) is 0 Å². The van der Waals surface area contributed by atoms with E-state index < -0.39 is 0 Å². The second kappa shape index (κ2) is 4.75. The van der Waals surface area contributed by atoms with Crippen molar-refractivity contribution in [1.82, 2.24) is 0 Å². The van der Waals surface area contributed by atoms with Gasteiger partial charge >= 0.3 is 0 Å². The molecule has 0 nitrogen and oxygen atoms in total. The molecular weight excluding hydrogens is 276 g/mol. The van der Waals surface area contributed by atoms with Gasteiger partial charge in [-0.25, -0.2) is 0 Å². The van der Waals surface area contributed by atoms with Crippen LogP contribution in [0.15, 0.2) is 24.3 Å². The largest absolute Gasteiger partial charge is 0.117 e. The van der Waals surface area contributed by atoms with Gasteiger partial charge in [-0.05, 0) is 78.7 Å². The van der Waals surface area contributed by atoms with Crippen LogP contribution in [0.5, 0.6) is 0 Å². The smallest absolute Gasteiger partial charge is 0.0641 e. The van der Waals surface area contributed by atoms with Crippen molar-refractivity contribution in [3.05, 3.63) is 35.4 Å². The fourth-order valence-electron chi connectivity index (χ4n) is 6.37. The summed E-state index contributed by atoms with van der Waals surface area (Å²) in [6, 6.07) is 9.12. The molecule has 0 aromatic heterocycles. The zero-order valence-electron chi connectivity index (χ0n) is 13.4. The van der Waals surface area contributed by atoms with E-state index in [4.69, 9.17) is 11.6 Å². The Morgan fingerprint density at radius 3 is 2.24 bits per heavy atom. The van der Waals surface area contributed by atoms with Crippen LogP contribution in [-0.2, 0) is 6.42 Å². The Labute approximate surface area is 134 Å². The zero-order chi connectivity index (χ0) is 14.7. The van der Waals surface area contributed by atoms with Crippen molar-refractivity contribution < 1.29 is 0 Å². The van der Waals surface area contributed by atoms with E-state index in [9.17, 15) is 0 Å². The molecule has 0 aliphatic heterocycles. The summed E-state index contributed by atoms with van der Waals surface area (Å²) in [6.45, 7) is 4.75. The molecule has 5 rings (SSSR count). The molecular formula is C20H27Cl. The minimum absolute atomic E-state index is 0.216. The molecule has 4 bridgehead atoms. The second-order valence-electron chi connectivity index (χ2n) is 8.59. The van der Waals surface area contributed by atoms with Gasteiger partial charge in [-0.1, -0.05) is 38.1 Å². The monoisotopic (exact) mass is 302 g/mol. The van der Waals surface area contributed by atoms with Crippen LogP contribution in [0.3, 0.4) is 0 Å². The highest BCUT2D eigenvalue weighted by Crippen LogP contribution is 2.69. The Balaban J connectivity index is 1.65. The van der Waals surface area contributed by atoms with Gasteiger partial charge in [0.1, 0.15) is 0 Å². The van der Waals surface area contributed by atoms with Crippen LogP contribution in [-0.4, -0.2) is 0 Å². The maximum Gasteiger partial charge on any atom is 0.0641 e. The van der Waals surface area contributed by atoms with Crippen molar-refractivity contribution in [2.45, 2.75) is 64.2 Å². The van der Waals surface area contributed by atoms with Gasteiger partial charge in [0, 0.05) is 0 Å².